The molecule has 0 aromatic heterocycles. The number of nitrogens with one attached hydrogen (secondary N) is 1. The van der Waals surface area contributed by atoms with E-state index in [0.29, 0.717) is 13.0 Å². The van der Waals surface area contributed by atoms with Crippen LogP contribution in [0.3, 0.4) is 0 Å². The van der Waals surface area contributed by atoms with Crippen molar-refractivity contribution in [2.75, 3.05) is 45.9 Å². The highest BCUT2D eigenvalue weighted by molar-refractivity contribution is 5.98. The second-order valence-electron chi connectivity index (χ2n) is 9.90. The van der Waals surface area contributed by atoms with Crippen molar-refractivity contribution in [3.8, 4) is 11.5 Å². The van der Waals surface area contributed by atoms with Crippen molar-refractivity contribution < 1.29 is 14.9 Å². The molecule has 2 aliphatic rings. The molecular weight excluding hydrogens is 484 g/mol. The van der Waals surface area contributed by atoms with Gasteiger partial charge in [0.1, 0.15) is 18.1 Å². The van der Waals surface area contributed by atoms with E-state index in [1.54, 1.807) is 12.1 Å². The molecule has 5 nitrogen and oxygen atoms in total. The van der Waals surface area contributed by atoms with Gasteiger partial charge in [0.25, 0.3) is 0 Å². The van der Waals surface area contributed by atoms with Crippen LogP contribution in [0.1, 0.15) is 29.5 Å². The van der Waals surface area contributed by atoms with E-state index in [1.165, 1.54) is 18.7 Å². The minimum absolute atomic E-state index is 0. The minimum atomic E-state index is 0. The van der Waals surface area contributed by atoms with Gasteiger partial charge in [0, 0.05) is 26.2 Å². The number of allylic oxidation sites excluding steroid dienone is 1. The smallest absolute Gasteiger partial charge is 0.119 e. The average molecular weight is 521 g/mol. The maximum Gasteiger partial charge on any atom is 0.119 e. The quantitative estimate of drug-likeness (QED) is 0.325. The molecule has 6 heteroatoms. The molecule has 0 bridgehead atoms. The zero-order chi connectivity index (χ0) is 24.7. The maximum absolute atomic E-state index is 9.88. The zero-order valence-corrected chi connectivity index (χ0v) is 22.0. The van der Waals surface area contributed by atoms with Gasteiger partial charge in [-0.3, -0.25) is 4.90 Å². The molecule has 196 valence electrons. The number of phenolic OH excluding ortho intramolecular Hbond substituents is 1. The SMILES string of the molecule is Cl.OCCC/C(=C(\c1ccc(O)cc1)c1ccc(OCCN2C[C@H]3CNC[C@H]3C2)cc1)c1ccccc1. The lowest BCUT2D eigenvalue weighted by molar-refractivity contribution is 0.228. The van der Waals surface area contributed by atoms with E-state index in [-0.39, 0.29) is 24.8 Å². The first kappa shape index (κ1) is 27.2. The summed E-state index contributed by atoms with van der Waals surface area (Å²) in [5.41, 5.74) is 5.55. The van der Waals surface area contributed by atoms with Gasteiger partial charge >= 0.3 is 0 Å². The van der Waals surface area contributed by atoms with E-state index in [0.717, 1.165) is 65.9 Å². The molecule has 5 rings (SSSR count). The fraction of sp³-hybridized carbons (Fsp3) is 0.355. The second-order valence-corrected chi connectivity index (χ2v) is 9.90. The molecule has 0 aliphatic carbocycles. The summed E-state index contributed by atoms with van der Waals surface area (Å²) in [5, 5.41) is 23.0. The molecule has 0 unspecified atom stereocenters. The molecule has 3 aromatic carbocycles. The lowest BCUT2D eigenvalue weighted by Gasteiger charge is -2.19. The number of halogens is 1. The van der Waals surface area contributed by atoms with Gasteiger partial charge < -0.3 is 20.3 Å². The molecule has 0 saturated carbocycles. The molecular formula is C31H37ClN2O3. The molecule has 3 N–H and O–H groups in total. The number of rotatable bonds is 10. The number of ether oxygens (including phenoxy) is 1. The largest absolute Gasteiger partial charge is 0.508 e. The highest BCUT2D eigenvalue weighted by atomic mass is 35.5. The van der Waals surface area contributed by atoms with E-state index < -0.39 is 0 Å². The number of aliphatic hydroxyl groups excluding tert-OH is 1. The van der Waals surface area contributed by atoms with Crippen molar-refractivity contribution in [1.29, 1.82) is 0 Å². The number of likely N-dealkylation sites (tertiary alicyclic amines) is 1. The number of aliphatic hydroxyl groups is 1. The van der Waals surface area contributed by atoms with E-state index in [2.05, 4.69) is 34.5 Å². The van der Waals surface area contributed by atoms with Crippen molar-refractivity contribution in [1.82, 2.24) is 10.2 Å². The van der Waals surface area contributed by atoms with Gasteiger partial charge in [-0.15, -0.1) is 12.4 Å². The second kappa shape index (κ2) is 13.1. The van der Waals surface area contributed by atoms with Crippen LogP contribution in [0.2, 0.25) is 0 Å². The fourth-order valence-electron chi connectivity index (χ4n) is 5.60. The number of fused-ring (bicyclic) bond motifs is 1. The van der Waals surface area contributed by atoms with E-state index in [1.807, 2.05) is 42.5 Å². The first-order valence-corrected chi connectivity index (χ1v) is 13.1. The molecule has 0 amide bonds. The van der Waals surface area contributed by atoms with Crippen LogP contribution in [0.15, 0.2) is 78.9 Å². The van der Waals surface area contributed by atoms with Crippen LogP contribution in [0, 0.1) is 11.8 Å². The van der Waals surface area contributed by atoms with Gasteiger partial charge in [0.05, 0.1) is 0 Å². The van der Waals surface area contributed by atoms with Crippen LogP contribution in [0.5, 0.6) is 11.5 Å². The number of phenols is 1. The third kappa shape index (κ3) is 6.74. The summed E-state index contributed by atoms with van der Waals surface area (Å²) < 4.78 is 6.12. The van der Waals surface area contributed by atoms with E-state index in [9.17, 15) is 10.2 Å². The van der Waals surface area contributed by atoms with Gasteiger partial charge in [-0.2, -0.15) is 0 Å². The van der Waals surface area contributed by atoms with Gasteiger partial charge in [-0.25, -0.2) is 0 Å². The van der Waals surface area contributed by atoms with E-state index >= 15 is 0 Å². The third-order valence-corrected chi connectivity index (χ3v) is 7.45. The molecule has 3 aromatic rings. The lowest BCUT2D eigenvalue weighted by atomic mass is 9.87. The van der Waals surface area contributed by atoms with Crippen molar-refractivity contribution in [2.45, 2.75) is 12.8 Å². The zero-order valence-electron chi connectivity index (χ0n) is 21.2. The van der Waals surface area contributed by atoms with Crippen LogP contribution >= 0.6 is 12.4 Å². The third-order valence-electron chi connectivity index (χ3n) is 7.45. The van der Waals surface area contributed by atoms with Crippen LogP contribution in [0.25, 0.3) is 11.1 Å². The Balaban J connectivity index is 0.00000320. The Hall–Kier alpha value is -2.83. The number of hydrogen-bond acceptors (Lipinski definition) is 5. The van der Waals surface area contributed by atoms with Crippen molar-refractivity contribution in [2.24, 2.45) is 11.8 Å². The van der Waals surface area contributed by atoms with Crippen LogP contribution < -0.4 is 10.1 Å². The van der Waals surface area contributed by atoms with Gasteiger partial charge in [-0.1, -0.05) is 54.6 Å². The fourth-order valence-corrected chi connectivity index (χ4v) is 5.60. The summed E-state index contributed by atoms with van der Waals surface area (Å²) >= 11 is 0. The topological polar surface area (TPSA) is 65.0 Å². The Morgan fingerprint density at radius 3 is 2.08 bits per heavy atom. The summed E-state index contributed by atoms with van der Waals surface area (Å²) in [7, 11) is 0. The summed E-state index contributed by atoms with van der Waals surface area (Å²) in [6.07, 6.45) is 1.43. The van der Waals surface area contributed by atoms with Gasteiger partial charge in [0.2, 0.25) is 0 Å². The predicted molar refractivity (Wildman–Crippen MR) is 152 cm³/mol. The minimum Gasteiger partial charge on any atom is -0.508 e. The number of nitrogens with zero attached hydrogens (tertiary/aromatic N) is 1. The Kier molecular flexibility index (Phi) is 9.64. The number of aromatic hydroxyl groups is 1. The molecule has 2 aliphatic heterocycles. The van der Waals surface area contributed by atoms with E-state index in [4.69, 9.17) is 4.74 Å². The summed E-state index contributed by atoms with van der Waals surface area (Å²) in [6, 6.07) is 26.0. The Morgan fingerprint density at radius 1 is 0.838 bits per heavy atom. The lowest BCUT2D eigenvalue weighted by Crippen LogP contribution is -2.29. The summed E-state index contributed by atoms with van der Waals surface area (Å²) in [4.78, 5) is 2.53. The molecule has 0 spiro atoms. The highest BCUT2D eigenvalue weighted by Crippen LogP contribution is 2.36. The normalized spacial score (nSPS) is 19.7. The molecule has 2 heterocycles. The molecule has 37 heavy (non-hydrogen) atoms. The van der Waals surface area contributed by atoms with Crippen LogP contribution in [-0.4, -0.2) is 61.1 Å². The Bertz CT molecular complexity index is 1140. The Labute approximate surface area is 226 Å². The Morgan fingerprint density at radius 2 is 1.46 bits per heavy atom. The number of hydrogen-bond donors (Lipinski definition) is 3. The highest BCUT2D eigenvalue weighted by Gasteiger charge is 2.35. The van der Waals surface area contributed by atoms with Crippen molar-refractivity contribution in [3.05, 3.63) is 95.6 Å². The summed E-state index contributed by atoms with van der Waals surface area (Å²) in [5.74, 6) is 2.73. The number of benzene rings is 3. The van der Waals surface area contributed by atoms with Crippen LogP contribution in [0.4, 0.5) is 0 Å². The van der Waals surface area contributed by atoms with Gasteiger partial charge in [0.15, 0.2) is 0 Å². The van der Waals surface area contributed by atoms with Crippen LogP contribution in [-0.2, 0) is 0 Å². The monoisotopic (exact) mass is 520 g/mol. The average Bonchev–Trinajstić information content (AvgIpc) is 3.51. The summed E-state index contributed by atoms with van der Waals surface area (Å²) in [6.45, 7) is 6.47. The standard InChI is InChI=1S/C31H36N2O3.ClH/c34-17-4-7-30(23-5-2-1-3-6-23)31(24-8-12-28(35)13-9-24)25-10-14-29(15-11-25)36-18-16-33-21-26-19-32-20-27(26)22-33;/h1-3,5-6,8-15,26-27,32,34-35H,4,7,16-22H2;1H/b31-30-;/t26-,27+;. The van der Waals surface area contributed by atoms with Gasteiger partial charge in [-0.05, 0) is 89.9 Å². The predicted octanol–water partition coefficient (Wildman–Crippen LogP) is 5.08. The molecule has 2 saturated heterocycles. The first-order valence-electron chi connectivity index (χ1n) is 13.1. The first-order chi connectivity index (χ1) is 17.7. The molecule has 2 fully saturated rings. The maximum atomic E-state index is 9.88. The van der Waals surface area contributed by atoms with Crippen molar-refractivity contribution >= 4 is 23.6 Å². The van der Waals surface area contributed by atoms with Crippen molar-refractivity contribution in [3.63, 3.8) is 0 Å². The molecule has 0 radical (unpaired) electrons. The molecule has 2 atom stereocenters.